The number of hydrogen-bond acceptors (Lipinski definition) is 4. The summed E-state index contributed by atoms with van der Waals surface area (Å²) in [7, 11) is 3.78. The van der Waals surface area contributed by atoms with Crippen LogP contribution in [0.2, 0.25) is 0 Å². The highest BCUT2D eigenvalue weighted by Gasteiger charge is 2.36. The minimum atomic E-state index is -0.990. The van der Waals surface area contributed by atoms with Crippen LogP contribution in [0.25, 0.3) is 0 Å². The van der Waals surface area contributed by atoms with E-state index in [4.69, 9.17) is 14.2 Å². The van der Waals surface area contributed by atoms with Gasteiger partial charge in [0.1, 0.15) is 5.60 Å². The van der Waals surface area contributed by atoms with Gasteiger partial charge in [0.25, 0.3) is 0 Å². The van der Waals surface area contributed by atoms with Crippen LogP contribution < -0.4 is 19.1 Å². The predicted molar refractivity (Wildman–Crippen MR) is 95.2 cm³/mol. The van der Waals surface area contributed by atoms with E-state index in [1.807, 2.05) is 6.07 Å². The Bertz CT molecular complexity index is 715. The van der Waals surface area contributed by atoms with Crippen molar-refractivity contribution in [2.75, 3.05) is 27.5 Å². The van der Waals surface area contributed by atoms with Gasteiger partial charge in [-0.25, -0.2) is 0 Å². The number of hydrogen-bond donors (Lipinski definition) is 2. The van der Waals surface area contributed by atoms with Crippen molar-refractivity contribution in [2.45, 2.75) is 45.3 Å². The molecule has 3 atom stereocenters. The third kappa shape index (κ3) is 3.56. The lowest BCUT2D eigenvalue weighted by Crippen LogP contribution is -3.10. The highest BCUT2D eigenvalue weighted by atomic mass is 16.7. The number of benzene rings is 1. The van der Waals surface area contributed by atoms with Crippen molar-refractivity contribution >= 4 is 0 Å². The summed E-state index contributed by atoms with van der Waals surface area (Å²) in [5.74, 6) is 8.94. The molecule has 3 rings (SSSR count). The van der Waals surface area contributed by atoms with Gasteiger partial charge in [-0.1, -0.05) is 19.8 Å². The number of quaternary nitrogens is 1. The zero-order valence-corrected chi connectivity index (χ0v) is 15.7. The first-order valence-electron chi connectivity index (χ1n) is 8.89. The zero-order chi connectivity index (χ0) is 18.2. The molecule has 0 spiro atoms. The first kappa shape index (κ1) is 17.9. The SMILES string of the molecule is COc1c2c(cc3c1[C@H](C#C[C@](C)(O)CC(C)C)[NH+](C)CC3)OCO2. The van der Waals surface area contributed by atoms with E-state index >= 15 is 0 Å². The maximum Gasteiger partial charge on any atom is 0.231 e. The van der Waals surface area contributed by atoms with E-state index in [1.165, 1.54) is 10.5 Å². The fourth-order valence-corrected chi connectivity index (χ4v) is 3.79. The summed E-state index contributed by atoms with van der Waals surface area (Å²) in [6.07, 6.45) is 1.59. The van der Waals surface area contributed by atoms with Gasteiger partial charge in [-0.05, 0) is 36.8 Å². The molecule has 2 aliphatic heterocycles. The van der Waals surface area contributed by atoms with Crippen molar-refractivity contribution in [3.8, 4) is 29.1 Å². The van der Waals surface area contributed by atoms with Crippen LogP contribution in [0.15, 0.2) is 6.07 Å². The lowest BCUT2D eigenvalue weighted by molar-refractivity contribution is -0.905. The summed E-state index contributed by atoms with van der Waals surface area (Å²) in [5, 5.41) is 10.6. The van der Waals surface area contributed by atoms with Gasteiger partial charge >= 0.3 is 0 Å². The zero-order valence-electron chi connectivity index (χ0n) is 15.7. The Morgan fingerprint density at radius 1 is 1.44 bits per heavy atom. The van der Waals surface area contributed by atoms with Crippen LogP contribution in [0.3, 0.4) is 0 Å². The molecular weight excluding hydrogens is 318 g/mol. The van der Waals surface area contributed by atoms with Crippen LogP contribution in [0.4, 0.5) is 0 Å². The molecule has 2 N–H and O–H groups in total. The Kier molecular flexibility index (Phi) is 4.86. The first-order chi connectivity index (χ1) is 11.8. The number of ether oxygens (including phenoxy) is 3. The molecule has 2 heterocycles. The molecule has 136 valence electrons. The van der Waals surface area contributed by atoms with E-state index in [0.29, 0.717) is 23.8 Å². The largest absolute Gasteiger partial charge is 0.492 e. The number of aliphatic hydroxyl groups is 1. The molecule has 0 saturated heterocycles. The third-order valence-electron chi connectivity index (χ3n) is 4.81. The molecule has 1 aromatic rings. The Morgan fingerprint density at radius 3 is 2.88 bits per heavy atom. The van der Waals surface area contributed by atoms with Crippen LogP contribution in [0.1, 0.15) is 44.4 Å². The van der Waals surface area contributed by atoms with Crippen molar-refractivity contribution in [1.29, 1.82) is 0 Å². The second-order valence-corrected chi connectivity index (χ2v) is 7.64. The predicted octanol–water partition coefficient (Wildman–Crippen LogP) is 1.34. The second-order valence-electron chi connectivity index (χ2n) is 7.64. The summed E-state index contributed by atoms with van der Waals surface area (Å²) < 4.78 is 16.8. The molecular formula is C20H28NO4+. The highest BCUT2D eigenvalue weighted by molar-refractivity contribution is 5.62. The van der Waals surface area contributed by atoms with E-state index in [2.05, 4.69) is 32.7 Å². The molecule has 1 aromatic carbocycles. The monoisotopic (exact) mass is 346 g/mol. The van der Waals surface area contributed by atoms with Gasteiger partial charge in [-0.2, -0.15) is 0 Å². The average Bonchev–Trinajstić information content (AvgIpc) is 2.98. The van der Waals surface area contributed by atoms with E-state index in [-0.39, 0.29) is 12.8 Å². The Labute approximate surface area is 149 Å². The standard InChI is InChI=1S/C20H27NO4/c1-13(2)11-20(3,22)8-6-15-17-14(7-9-21(15)4)10-16-18(19(17)23-5)25-12-24-16/h10,13,15,22H,7,9,11-12H2,1-5H3/p+1/t15-,20-/m0/s1. The van der Waals surface area contributed by atoms with Crippen LogP contribution in [-0.2, 0) is 6.42 Å². The van der Waals surface area contributed by atoms with Crippen molar-refractivity contribution in [3.05, 3.63) is 17.2 Å². The molecule has 0 aliphatic carbocycles. The van der Waals surface area contributed by atoms with E-state index < -0.39 is 5.60 Å². The molecule has 0 amide bonds. The van der Waals surface area contributed by atoms with E-state index in [1.54, 1.807) is 14.0 Å². The minimum absolute atomic E-state index is 0.0631. The summed E-state index contributed by atoms with van der Waals surface area (Å²) >= 11 is 0. The van der Waals surface area contributed by atoms with Gasteiger partial charge in [0.05, 0.1) is 26.3 Å². The molecule has 1 unspecified atom stereocenters. The van der Waals surface area contributed by atoms with Gasteiger partial charge in [0, 0.05) is 6.42 Å². The molecule has 0 bridgehead atoms. The van der Waals surface area contributed by atoms with Crippen LogP contribution in [-0.4, -0.2) is 38.2 Å². The van der Waals surface area contributed by atoms with Crippen molar-refractivity contribution in [1.82, 2.24) is 0 Å². The Hall–Kier alpha value is -1.90. The van der Waals surface area contributed by atoms with Gasteiger partial charge in [0.2, 0.25) is 12.5 Å². The molecule has 0 radical (unpaired) electrons. The van der Waals surface area contributed by atoms with Gasteiger partial charge in [-0.3, -0.25) is 0 Å². The van der Waals surface area contributed by atoms with Crippen LogP contribution in [0.5, 0.6) is 17.2 Å². The normalized spacial score (nSPS) is 23.5. The quantitative estimate of drug-likeness (QED) is 0.811. The van der Waals surface area contributed by atoms with Crippen molar-refractivity contribution in [2.24, 2.45) is 5.92 Å². The smallest absolute Gasteiger partial charge is 0.231 e. The molecule has 0 fully saturated rings. The number of nitrogens with one attached hydrogen (secondary N) is 1. The van der Waals surface area contributed by atoms with Gasteiger partial charge < -0.3 is 24.2 Å². The van der Waals surface area contributed by atoms with E-state index in [9.17, 15) is 5.11 Å². The van der Waals surface area contributed by atoms with Crippen LogP contribution in [0, 0.1) is 17.8 Å². The average molecular weight is 346 g/mol. The third-order valence-corrected chi connectivity index (χ3v) is 4.81. The summed E-state index contributed by atoms with van der Waals surface area (Å²) in [6, 6.07) is 1.99. The highest BCUT2D eigenvalue weighted by Crippen LogP contribution is 2.47. The fourth-order valence-electron chi connectivity index (χ4n) is 3.79. The maximum atomic E-state index is 10.6. The lowest BCUT2D eigenvalue weighted by Gasteiger charge is -2.30. The number of rotatable bonds is 3. The first-order valence-corrected chi connectivity index (χ1v) is 8.89. The minimum Gasteiger partial charge on any atom is -0.492 e. The second kappa shape index (κ2) is 6.78. The molecule has 0 saturated carbocycles. The number of likely N-dealkylation sites (N-methyl/N-ethyl adjacent to an activating group) is 1. The molecule has 25 heavy (non-hydrogen) atoms. The summed E-state index contributed by atoms with van der Waals surface area (Å²) in [6.45, 7) is 7.16. The fraction of sp³-hybridized carbons (Fsp3) is 0.600. The van der Waals surface area contributed by atoms with Crippen molar-refractivity contribution < 1.29 is 24.2 Å². The Balaban J connectivity index is 2.03. The maximum absolute atomic E-state index is 10.6. The Morgan fingerprint density at radius 2 is 2.20 bits per heavy atom. The summed E-state index contributed by atoms with van der Waals surface area (Å²) in [4.78, 5) is 1.29. The molecule has 2 aliphatic rings. The number of methoxy groups -OCH3 is 1. The van der Waals surface area contributed by atoms with Crippen molar-refractivity contribution in [3.63, 3.8) is 0 Å². The van der Waals surface area contributed by atoms with E-state index in [0.717, 1.165) is 24.3 Å². The van der Waals surface area contributed by atoms with Crippen LogP contribution >= 0.6 is 0 Å². The molecule has 5 heteroatoms. The number of fused-ring (bicyclic) bond motifs is 2. The topological polar surface area (TPSA) is 52.4 Å². The van der Waals surface area contributed by atoms with Gasteiger partial charge in [-0.15, -0.1) is 0 Å². The molecule has 0 aromatic heterocycles. The van der Waals surface area contributed by atoms with Gasteiger partial charge in [0.15, 0.2) is 17.5 Å². The molecule has 5 nitrogen and oxygen atoms in total. The summed E-state index contributed by atoms with van der Waals surface area (Å²) in [5.41, 5.74) is 1.26. The lowest BCUT2D eigenvalue weighted by atomic mass is 9.89.